The Hall–Kier alpha value is -1.02. The largest absolute Gasteiger partial charge is 0.325 e. The molecule has 0 fully saturated rings. The van der Waals surface area contributed by atoms with Gasteiger partial charge in [0, 0.05) is 18.3 Å². The Morgan fingerprint density at radius 2 is 1.95 bits per heavy atom. The van der Waals surface area contributed by atoms with Gasteiger partial charge in [0.25, 0.3) is 0 Å². The molecule has 0 radical (unpaired) electrons. The Morgan fingerprint density at radius 1 is 1.19 bits per heavy atom. The predicted molar refractivity (Wildman–Crippen MR) is 92.3 cm³/mol. The van der Waals surface area contributed by atoms with Crippen molar-refractivity contribution in [2.24, 2.45) is 5.92 Å². The van der Waals surface area contributed by atoms with Crippen LogP contribution in [0.2, 0.25) is 0 Å². The summed E-state index contributed by atoms with van der Waals surface area (Å²) in [6.07, 6.45) is 4.60. The maximum Gasteiger partial charge on any atom is 0.111 e. The fraction of sp³-hybridized carbons (Fsp3) is 0.611. The summed E-state index contributed by atoms with van der Waals surface area (Å²) in [5.74, 6) is 2.53. The third-order valence-corrected chi connectivity index (χ3v) is 4.27. The van der Waals surface area contributed by atoms with E-state index in [4.69, 9.17) is 16.6 Å². The highest BCUT2D eigenvalue weighted by Gasteiger charge is 2.15. The van der Waals surface area contributed by atoms with E-state index in [2.05, 4.69) is 50.5 Å². The summed E-state index contributed by atoms with van der Waals surface area (Å²) in [5.41, 5.74) is 3.64. The normalized spacial score (nSPS) is 13.2. The zero-order chi connectivity index (χ0) is 15.4. The molecule has 1 unspecified atom stereocenters. The highest BCUT2D eigenvalue weighted by atomic mass is 35.5. The van der Waals surface area contributed by atoms with E-state index in [1.165, 1.54) is 30.3 Å². The topological polar surface area (TPSA) is 17.8 Å². The Morgan fingerprint density at radius 3 is 2.62 bits per heavy atom. The zero-order valence-electron chi connectivity index (χ0n) is 13.7. The maximum atomic E-state index is 5.96. The number of fused-ring (bicyclic) bond motifs is 1. The predicted octanol–water partition coefficient (Wildman–Crippen LogP) is 5.51. The number of rotatable bonds is 7. The van der Waals surface area contributed by atoms with Gasteiger partial charge in [0.2, 0.25) is 0 Å². The van der Waals surface area contributed by atoms with E-state index < -0.39 is 0 Å². The van der Waals surface area contributed by atoms with Crippen LogP contribution in [0.5, 0.6) is 0 Å². The molecule has 0 bridgehead atoms. The molecular weight excluding hydrogens is 280 g/mol. The third kappa shape index (κ3) is 4.00. The number of benzene rings is 1. The standard InChI is InChI=1S/C18H27ClN2/c1-13(2)6-5-7-15(4)21-17-12-14(3)8-9-16(17)20-18(21)10-11-19/h8-9,12-13,15H,5-7,10-11H2,1-4H3. The second kappa shape index (κ2) is 7.31. The first kappa shape index (κ1) is 16.4. The molecule has 0 N–H and O–H groups in total. The van der Waals surface area contributed by atoms with Gasteiger partial charge in [-0.3, -0.25) is 0 Å². The molecule has 0 saturated carbocycles. The van der Waals surface area contributed by atoms with Gasteiger partial charge >= 0.3 is 0 Å². The van der Waals surface area contributed by atoms with Crippen molar-refractivity contribution >= 4 is 22.6 Å². The van der Waals surface area contributed by atoms with E-state index in [1.54, 1.807) is 0 Å². The lowest BCUT2D eigenvalue weighted by atomic mass is 10.0. The van der Waals surface area contributed by atoms with Gasteiger partial charge < -0.3 is 4.57 Å². The molecule has 1 aromatic carbocycles. The summed E-state index contributed by atoms with van der Waals surface area (Å²) in [6, 6.07) is 6.99. The molecule has 1 heterocycles. The fourth-order valence-corrected chi connectivity index (χ4v) is 3.13. The third-order valence-electron chi connectivity index (χ3n) is 4.08. The maximum absolute atomic E-state index is 5.96. The minimum absolute atomic E-state index is 0.480. The van der Waals surface area contributed by atoms with Gasteiger partial charge in [-0.25, -0.2) is 4.98 Å². The Labute approximate surface area is 133 Å². The summed E-state index contributed by atoms with van der Waals surface area (Å²) in [5, 5.41) is 0. The average Bonchev–Trinajstić information content (AvgIpc) is 2.76. The minimum Gasteiger partial charge on any atom is -0.325 e. The van der Waals surface area contributed by atoms with Crippen LogP contribution in [0.4, 0.5) is 0 Å². The van der Waals surface area contributed by atoms with Gasteiger partial charge in [-0.1, -0.05) is 32.8 Å². The van der Waals surface area contributed by atoms with E-state index in [0.717, 1.165) is 23.7 Å². The lowest BCUT2D eigenvalue weighted by Gasteiger charge is -2.18. The Bertz CT molecular complexity index is 586. The van der Waals surface area contributed by atoms with Crippen molar-refractivity contribution < 1.29 is 0 Å². The van der Waals surface area contributed by atoms with E-state index in [1.807, 2.05) is 0 Å². The number of alkyl halides is 1. The molecule has 1 atom stereocenters. The van der Waals surface area contributed by atoms with Crippen LogP contribution in [-0.4, -0.2) is 15.4 Å². The fourth-order valence-electron chi connectivity index (χ4n) is 2.96. The molecule has 1 aromatic heterocycles. The van der Waals surface area contributed by atoms with Gasteiger partial charge in [0.05, 0.1) is 11.0 Å². The van der Waals surface area contributed by atoms with Gasteiger partial charge in [0.15, 0.2) is 0 Å². The number of hydrogen-bond acceptors (Lipinski definition) is 1. The molecule has 116 valence electrons. The average molecular weight is 307 g/mol. The molecule has 2 aromatic rings. The first-order valence-electron chi connectivity index (χ1n) is 8.06. The molecule has 0 aliphatic heterocycles. The van der Waals surface area contributed by atoms with Crippen molar-refractivity contribution in [2.75, 3.05) is 5.88 Å². The summed E-state index contributed by atoms with van der Waals surface area (Å²) >= 11 is 5.96. The van der Waals surface area contributed by atoms with Crippen LogP contribution in [-0.2, 0) is 6.42 Å². The first-order chi connectivity index (χ1) is 10.0. The SMILES string of the molecule is Cc1ccc2nc(CCCl)n(C(C)CCCC(C)C)c2c1. The number of hydrogen-bond donors (Lipinski definition) is 0. The lowest BCUT2D eigenvalue weighted by molar-refractivity contribution is 0.445. The highest BCUT2D eigenvalue weighted by molar-refractivity contribution is 6.17. The van der Waals surface area contributed by atoms with Crippen molar-refractivity contribution in [3.05, 3.63) is 29.6 Å². The van der Waals surface area contributed by atoms with Crippen LogP contribution in [0.1, 0.15) is 57.5 Å². The van der Waals surface area contributed by atoms with Crippen LogP contribution in [0.25, 0.3) is 11.0 Å². The molecular formula is C18H27ClN2. The molecule has 0 saturated heterocycles. The molecule has 21 heavy (non-hydrogen) atoms. The van der Waals surface area contributed by atoms with Crippen LogP contribution in [0.15, 0.2) is 18.2 Å². The first-order valence-corrected chi connectivity index (χ1v) is 8.59. The van der Waals surface area contributed by atoms with E-state index in [-0.39, 0.29) is 0 Å². The molecule has 0 aliphatic rings. The molecule has 2 rings (SSSR count). The summed E-state index contributed by atoms with van der Waals surface area (Å²) in [7, 11) is 0. The number of imidazole rings is 1. The molecule has 3 heteroatoms. The van der Waals surface area contributed by atoms with Crippen molar-refractivity contribution in [3.63, 3.8) is 0 Å². The summed E-state index contributed by atoms with van der Waals surface area (Å²) < 4.78 is 2.41. The van der Waals surface area contributed by atoms with Gasteiger partial charge in [-0.15, -0.1) is 11.6 Å². The van der Waals surface area contributed by atoms with Crippen molar-refractivity contribution in [1.82, 2.24) is 9.55 Å². The van der Waals surface area contributed by atoms with Crippen LogP contribution in [0, 0.1) is 12.8 Å². The van der Waals surface area contributed by atoms with E-state index in [0.29, 0.717) is 11.9 Å². The van der Waals surface area contributed by atoms with Crippen LogP contribution in [0.3, 0.4) is 0 Å². The monoisotopic (exact) mass is 306 g/mol. The van der Waals surface area contributed by atoms with Crippen LogP contribution < -0.4 is 0 Å². The number of aryl methyl sites for hydroxylation is 2. The van der Waals surface area contributed by atoms with Gasteiger partial charge in [-0.2, -0.15) is 0 Å². The quantitative estimate of drug-likeness (QED) is 0.616. The van der Waals surface area contributed by atoms with Crippen molar-refractivity contribution in [3.8, 4) is 0 Å². The lowest BCUT2D eigenvalue weighted by Crippen LogP contribution is -2.10. The molecule has 2 nitrogen and oxygen atoms in total. The minimum atomic E-state index is 0.480. The van der Waals surface area contributed by atoms with Crippen LogP contribution >= 0.6 is 11.6 Å². The number of halogens is 1. The van der Waals surface area contributed by atoms with Gasteiger partial charge in [0.1, 0.15) is 5.82 Å². The van der Waals surface area contributed by atoms with Crippen molar-refractivity contribution in [1.29, 1.82) is 0 Å². The zero-order valence-corrected chi connectivity index (χ0v) is 14.5. The smallest absolute Gasteiger partial charge is 0.111 e. The molecule has 0 amide bonds. The van der Waals surface area contributed by atoms with E-state index in [9.17, 15) is 0 Å². The van der Waals surface area contributed by atoms with E-state index >= 15 is 0 Å². The second-order valence-electron chi connectivity index (χ2n) is 6.50. The Balaban J connectivity index is 2.30. The Kier molecular flexibility index (Phi) is 5.69. The molecule has 0 spiro atoms. The van der Waals surface area contributed by atoms with Crippen molar-refractivity contribution in [2.45, 2.75) is 59.4 Å². The van der Waals surface area contributed by atoms with Gasteiger partial charge in [-0.05, 0) is 43.9 Å². The summed E-state index contributed by atoms with van der Waals surface area (Å²) in [6.45, 7) is 9.03. The number of nitrogens with zero attached hydrogens (tertiary/aromatic N) is 2. The highest BCUT2D eigenvalue weighted by Crippen LogP contribution is 2.26. The summed E-state index contributed by atoms with van der Waals surface area (Å²) in [4.78, 5) is 4.79. The second-order valence-corrected chi connectivity index (χ2v) is 6.88. The number of aromatic nitrogens is 2. The molecule has 0 aliphatic carbocycles.